The highest BCUT2D eigenvalue weighted by molar-refractivity contribution is 7.92. The fraction of sp³-hybridized carbons (Fsp3) is 0.174. The molecule has 5 nitrogen and oxygen atoms in total. The molecule has 1 unspecified atom stereocenters. The number of sulfonamides is 1. The van der Waals surface area contributed by atoms with Crippen LogP contribution in [-0.4, -0.2) is 25.8 Å². The molecule has 30 heavy (non-hydrogen) atoms. The maximum atomic E-state index is 13.2. The number of halogens is 1. The summed E-state index contributed by atoms with van der Waals surface area (Å²) in [5.74, 6) is -0.428. The van der Waals surface area contributed by atoms with E-state index in [-0.39, 0.29) is 22.7 Å². The fourth-order valence-electron chi connectivity index (χ4n) is 3.70. The molecule has 0 saturated carbocycles. The van der Waals surface area contributed by atoms with Crippen LogP contribution in [-0.2, 0) is 10.0 Å². The van der Waals surface area contributed by atoms with Crippen molar-refractivity contribution in [1.29, 1.82) is 0 Å². The molecule has 0 radical (unpaired) electrons. The molecule has 154 valence electrons. The Bertz CT molecular complexity index is 1130. The van der Waals surface area contributed by atoms with E-state index in [1.807, 2.05) is 0 Å². The third-order valence-electron chi connectivity index (χ3n) is 5.21. The molecule has 1 fully saturated rings. The predicted octanol–water partition coefficient (Wildman–Crippen LogP) is 4.60. The number of likely N-dealkylation sites (tertiary alicyclic amines) is 1. The summed E-state index contributed by atoms with van der Waals surface area (Å²) in [4.78, 5) is 15.0. The summed E-state index contributed by atoms with van der Waals surface area (Å²) in [6.07, 6.45) is 1.70. The van der Waals surface area contributed by atoms with Gasteiger partial charge in [-0.1, -0.05) is 30.3 Å². The van der Waals surface area contributed by atoms with Gasteiger partial charge in [-0.15, -0.1) is 0 Å². The van der Waals surface area contributed by atoms with E-state index in [0.717, 1.165) is 18.4 Å². The van der Waals surface area contributed by atoms with Crippen molar-refractivity contribution in [1.82, 2.24) is 4.90 Å². The first-order valence-electron chi connectivity index (χ1n) is 9.68. The summed E-state index contributed by atoms with van der Waals surface area (Å²) in [5.41, 5.74) is 1.77. The number of carbonyl (C=O) groups excluding carboxylic acids is 1. The van der Waals surface area contributed by atoms with Crippen LogP contribution in [0.25, 0.3) is 0 Å². The van der Waals surface area contributed by atoms with Crippen LogP contribution in [0.5, 0.6) is 0 Å². The Morgan fingerprint density at radius 2 is 1.60 bits per heavy atom. The summed E-state index contributed by atoms with van der Waals surface area (Å²) in [6.45, 7) is 0.628. The lowest BCUT2D eigenvalue weighted by Crippen LogP contribution is -2.30. The molecule has 1 saturated heterocycles. The van der Waals surface area contributed by atoms with Gasteiger partial charge in [-0.3, -0.25) is 9.52 Å². The summed E-state index contributed by atoms with van der Waals surface area (Å²) >= 11 is 0. The second-order valence-electron chi connectivity index (χ2n) is 7.20. The molecule has 1 heterocycles. The van der Waals surface area contributed by atoms with Crippen LogP contribution in [0.2, 0.25) is 0 Å². The molecule has 1 amide bonds. The summed E-state index contributed by atoms with van der Waals surface area (Å²) in [7, 11) is -3.69. The van der Waals surface area contributed by atoms with Gasteiger partial charge in [-0.05, 0) is 66.9 Å². The normalized spacial score (nSPS) is 16.4. The average molecular weight is 424 g/mol. The summed E-state index contributed by atoms with van der Waals surface area (Å²) in [6, 6.07) is 20.6. The molecule has 0 bridgehead atoms. The fourth-order valence-corrected chi connectivity index (χ4v) is 4.78. The Labute approximate surface area is 175 Å². The Morgan fingerprint density at radius 3 is 2.27 bits per heavy atom. The number of rotatable bonds is 5. The molecular formula is C23H21FN2O3S. The van der Waals surface area contributed by atoms with E-state index in [2.05, 4.69) is 4.72 Å². The van der Waals surface area contributed by atoms with Gasteiger partial charge in [0.1, 0.15) is 5.82 Å². The van der Waals surface area contributed by atoms with Gasteiger partial charge in [0.05, 0.1) is 10.9 Å². The molecule has 1 aliphatic rings. The molecule has 0 aliphatic carbocycles. The number of nitrogens with zero attached hydrogens (tertiary/aromatic N) is 1. The molecule has 0 aromatic heterocycles. The molecule has 1 N–H and O–H groups in total. The van der Waals surface area contributed by atoms with Gasteiger partial charge < -0.3 is 4.90 Å². The number of anilines is 1. The smallest absolute Gasteiger partial charge is 0.261 e. The minimum Gasteiger partial charge on any atom is -0.332 e. The van der Waals surface area contributed by atoms with Gasteiger partial charge in [0.15, 0.2) is 0 Å². The van der Waals surface area contributed by atoms with Gasteiger partial charge in [-0.2, -0.15) is 0 Å². The zero-order chi connectivity index (χ0) is 21.1. The van der Waals surface area contributed by atoms with Crippen LogP contribution in [0.1, 0.15) is 34.8 Å². The first-order valence-corrected chi connectivity index (χ1v) is 11.2. The first kappa shape index (κ1) is 20.1. The highest BCUT2D eigenvalue weighted by Crippen LogP contribution is 2.33. The Hall–Kier alpha value is -3.19. The van der Waals surface area contributed by atoms with Crippen molar-refractivity contribution in [2.45, 2.75) is 23.8 Å². The minimum absolute atomic E-state index is 0.0886. The lowest BCUT2D eigenvalue weighted by atomic mass is 10.0. The SMILES string of the molecule is O=C(c1ccc(NS(=O)(=O)c2ccccc2)cc1)N1CCCC1c1ccc(F)cc1. The van der Waals surface area contributed by atoms with Gasteiger partial charge >= 0.3 is 0 Å². The minimum atomic E-state index is -3.69. The van der Waals surface area contributed by atoms with Crippen molar-refractivity contribution in [3.8, 4) is 0 Å². The van der Waals surface area contributed by atoms with E-state index in [0.29, 0.717) is 17.8 Å². The third-order valence-corrected chi connectivity index (χ3v) is 6.60. The Morgan fingerprint density at radius 1 is 0.933 bits per heavy atom. The monoisotopic (exact) mass is 424 g/mol. The van der Waals surface area contributed by atoms with Crippen LogP contribution in [0.3, 0.4) is 0 Å². The van der Waals surface area contributed by atoms with Gasteiger partial charge in [0.25, 0.3) is 15.9 Å². The lowest BCUT2D eigenvalue weighted by molar-refractivity contribution is 0.0735. The van der Waals surface area contributed by atoms with E-state index < -0.39 is 10.0 Å². The number of amides is 1. The van der Waals surface area contributed by atoms with E-state index in [4.69, 9.17) is 0 Å². The molecule has 0 spiro atoms. The van der Waals surface area contributed by atoms with Gasteiger partial charge in [0.2, 0.25) is 0 Å². The van der Waals surface area contributed by atoms with Crippen molar-refractivity contribution in [2.24, 2.45) is 0 Å². The average Bonchev–Trinajstić information content (AvgIpc) is 3.24. The molecule has 7 heteroatoms. The summed E-state index contributed by atoms with van der Waals surface area (Å²) in [5, 5.41) is 0. The Kier molecular flexibility index (Phi) is 5.55. The number of hydrogen-bond acceptors (Lipinski definition) is 3. The van der Waals surface area contributed by atoms with Crippen molar-refractivity contribution in [2.75, 3.05) is 11.3 Å². The largest absolute Gasteiger partial charge is 0.332 e. The molecular weight excluding hydrogens is 403 g/mol. The topological polar surface area (TPSA) is 66.5 Å². The van der Waals surface area contributed by atoms with Crippen LogP contribution in [0, 0.1) is 5.82 Å². The summed E-state index contributed by atoms with van der Waals surface area (Å²) < 4.78 is 40.6. The van der Waals surface area contributed by atoms with Crippen LogP contribution in [0.4, 0.5) is 10.1 Å². The van der Waals surface area contributed by atoms with Crippen LogP contribution in [0.15, 0.2) is 83.8 Å². The van der Waals surface area contributed by atoms with E-state index in [1.165, 1.54) is 24.3 Å². The molecule has 1 atom stereocenters. The highest BCUT2D eigenvalue weighted by atomic mass is 32.2. The van der Waals surface area contributed by atoms with Crippen LogP contribution >= 0.6 is 0 Å². The molecule has 4 rings (SSSR count). The van der Waals surface area contributed by atoms with Crippen molar-refractivity contribution < 1.29 is 17.6 Å². The maximum absolute atomic E-state index is 13.2. The van der Waals surface area contributed by atoms with E-state index in [9.17, 15) is 17.6 Å². The molecule has 3 aromatic rings. The molecule has 1 aliphatic heterocycles. The number of carbonyl (C=O) groups is 1. The quantitative estimate of drug-likeness (QED) is 0.651. The zero-order valence-corrected chi connectivity index (χ0v) is 17.0. The van der Waals surface area contributed by atoms with Gasteiger partial charge in [0, 0.05) is 17.8 Å². The maximum Gasteiger partial charge on any atom is 0.261 e. The van der Waals surface area contributed by atoms with Crippen molar-refractivity contribution in [3.63, 3.8) is 0 Å². The van der Waals surface area contributed by atoms with Gasteiger partial charge in [-0.25, -0.2) is 12.8 Å². The lowest BCUT2D eigenvalue weighted by Gasteiger charge is -2.25. The highest BCUT2D eigenvalue weighted by Gasteiger charge is 2.30. The van der Waals surface area contributed by atoms with E-state index >= 15 is 0 Å². The standard InChI is InChI=1S/C23H21FN2O3S/c24-19-12-8-17(9-13-19)22-7-4-16-26(22)23(27)18-10-14-20(15-11-18)25-30(28,29)21-5-2-1-3-6-21/h1-3,5-6,8-15,22,25H,4,7,16H2. The third kappa shape index (κ3) is 4.21. The zero-order valence-electron chi connectivity index (χ0n) is 16.2. The van der Waals surface area contributed by atoms with Crippen molar-refractivity contribution in [3.05, 3.63) is 95.8 Å². The number of hydrogen-bond donors (Lipinski definition) is 1. The Balaban J connectivity index is 1.49. The number of nitrogens with one attached hydrogen (secondary N) is 1. The second-order valence-corrected chi connectivity index (χ2v) is 8.89. The second kappa shape index (κ2) is 8.28. The van der Waals surface area contributed by atoms with Crippen LogP contribution < -0.4 is 4.72 Å². The molecule has 3 aromatic carbocycles. The predicted molar refractivity (Wildman–Crippen MR) is 113 cm³/mol. The van der Waals surface area contributed by atoms with Crippen molar-refractivity contribution >= 4 is 21.6 Å². The number of benzene rings is 3. The van der Waals surface area contributed by atoms with E-state index in [1.54, 1.807) is 59.5 Å². The first-order chi connectivity index (χ1) is 14.4.